The number of nitrogens with zero attached hydrogens (tertiary/aromatic N) is 1. The molecular weight excluding hydrogens is 202 g/mol. The van der Waals surface area contributed by atoms with E-state index in [0.29, 0.717) is 6.04 Å². The molecule has 1 atom stereocenters. The maximum absolute atomic E-state index is 12.0. The van der Waals surface area contributed by atoms with Crippen molar-refractivity contribution in [3.05, 3.63) is 0 Å². The van der Waals surface area contributed by atoms with Gasteiger partial charge in [-0.25, -0.2) is 4.79 Å². The Labute approximate surface area is 97.8 Å². The molecule has 1 unspecified atom stereocenters. The van der Waals surface area contributed by atoms with Crippen molar-refractivity contribution in [3.63, 3.8) is 0 Å². The van der Waals surface area contributed by atoms with Gasteiger partial charge in [-0.3, -0.25) is 0 Å². The van der Waals surface area contributed by atoms with Gasteiger partial charge in [0.1, 0.15) is 0 Å². The van der Waals surface area contributed by atoms with Crippen molar-refractivity contribution in [2.45, 2.75) is 38.6 Å². The van der Waals surface area contributed by atoms with E-state index in [9.17, 15) is 4.79 Å². The van der Waals surface area contributed by atoms with Crippen LogP contribution in [0.15, 0.2) is 0 Å². The van der Waals surface area contributed by atoms with E-state index in [1.54, 1.807) is 0 Å². The Bertz CT molecular complexity index is 230. The van der Waals surface area contributed by atoms with Crippen LogP contribution in [-0.4, -0.2) is 43.2 Å². The minimum atomic E-state index is 0.139. The number of hydrogen-bond acceptors (Lipinski definition) is 2. The highest BCUT2D eigenvalue weighted by Gasteiger charge is 2.22. The Morgan fingerprint density at radius 2 is 2.06 bits per heavy atom. The molecule has 2 fully saturated rings. The van der Waals surface area contributed by atoms with E-state index < -0.39 is 0 Å². The van der Waals surface area contributed by atoms with Crippen LogP contribution >= 0.6 is 0 Å². The van der Waals surface area contributed by atoms with E-state index in [1.165, 1.54) is 6.42 Å². The van der Waals surface area contributed by atoms with Crippen LogP contribution in [0.5, 0.6) is 0 Å². The number of carbonyl (C=O) groups is 1. The van der Waals surface area contributed by atoms with Gasteiger partial charge in [0, 0.05) is 25.7 Å². The van der Waals surface area contributed by atoms with Crippen LogP contribution in [0.2, 0.25) is 0 Å². The van der Waals surface area contributed by atoms with Crippen molar-refractivity contribution in [1.29, 1.82) is 0 Å². The number of rotatable bonds is 1. The molecule has 2 saturated heterocycles. The van der Waals surface area contributed by atoms with E-state index in [0.717, 1.165) is 51.4 Å². The van der Waals surface area contributed by atoms with Crippen LogP contribution in [0.25, 0.3) is 0 Å². The Hall–Kier alpha value is -0.770. The molecule has 2 N–H and O–H groups in total. The maximum atomic E-state index is 12.0. The molecule has 4 heteroatoms. The van der Waals surface area contributed by atoms with Crippen LogP contribution < -0.4 is 10.6 Å². The number of piperidine rings is 2. The summed E-state index contributed by atoms with van der Waals surface area (Å²) >= 11 is 0. The number of amides is 2. The Morgan fingerprint density at radius 3 is 2.69 bits per heavy atom. The van der Waals surface area contributed by atoms with Gasteiger partial charge in [0.2, 0.25) is 0 Å². The number of likely N-dealkylation sites (tertiary alicyclic amines) is 1. The standard InChI is InChI=1S/C12H23N3O/c1-10-4-7-15(8-5-10)12(16)14-11-3-2-6-13-9-11/h10-11,13H,2-9H2,1H3,(H,14,16). The van der Waals surface area contributed by atoms with Crippen molar-refractivity contribution in [3.8, 4) is 0 Å². The molecule has 0 radical (unpaired) electrons. The third-order valence-corrected chi connectivity index (χ3v) is 3.70. The lowest BCUT2D eigenvalue weighted by Crippen LogP contribution is -2.51. The monoisotopic (exact) mass is 225 g/mol. The molecule has 92 valence electrons. The number of carbonyl (C=O) groups excluding carboxylic acids is 1. The number of urea groups is 1. The first-order chi connectivity index (χ1) is 7.75. The summed E-state index contributed by atoms with van der Waals surface area (Å²) in [6, 6.07) is 0.473. The summed E-state index contributed by atoms with van der Waals surface area (Å²) in [6.07, 6.45) is 4.58. The molecular formula is C12H23N3O. The quantitative estimate of drug-likeness (QED) is 0.704. The summed E-state index contributed by atoms with van der Waals surface area (Å²) in [6.45, 7) is 6.13. The highest BCUT2D eigenvalue weighted by Crippen LogP contribution is 2.16. The maximum Gasteiger partial charge on any atom is 0.317 e. The molecule has 4 nitrogen and oxygen atoms in total. The number of hydrogen-bond donors (Lipinski definition) is 2. The molecule has 0 aromatic carbocycles. The van der Waals surface area contributed by atoms with E-state index in [-0.39, 0.29) is 6.03 Å². The van der Waals surface area contributed by atoms with Crippen molar-refractivity contribution in [1.82, 2.24) is 15.5 Å². The molecule has 0 aromatic heterocycles. The molecule has 2 rings (SSSR count). The topological polar surface area (TPSA) is 44.4 Å². The van der Waals surface area contributed by atoms with Crippen LogP contribution in [0.1, 0.15) is 32.6 Å². The summed E-state index contributed by atoms with van der Waals surface area (Å²) < 4.78 is 0. The lowest BCUT2D eigenvalue weighted by molar-refractivity contribution is 0.168. The normalized spacial score (nSPS) is 27.8. The van der Waals surface area contributed by atoms with Gasteiger partial charge in [0.25, 0.3) is 0 Å². The van der Waals surface area contributed by atoms with Gasteiger partial charge < -0.3 is 15.5 Å². The average Bonchev–Trinajstić information content (AvgIpc) is 2.31. The van der Waals surface area contributed by atoms with Crippen molar-refractivity contribution in [2.75, 3.05) is 26.2 Å². The van der Waals surface area contributed by atoms with Gasteiger partial charge >= 0.3 is 6.03 Å². The Morgan fingerprint density at radius 1 is 1.31 bits per heavy atom. The van der Waals surface area contributed by atoms with Crippen LogP contribution in [-0.2, 0) is 0 Å². The summed E-state index contributed by atoms with van der Waals surface area (Å²) in [5.41, 5.74) is 0. The zero-order valence-corrected chi connectivity index (χ0v) is 10.2. The SMILES string of the molecule is CC1CCN(C(=O)NC2CCCNC2)CC1. The average molecular weight is 225 g/mol. The highest BCUT2D eigenvalue weighted by atomic mass is 16.2. The molecule has 0 bridgehead atoms. The third kappa shape index (κ3) is 3.11. The fourth-order valence-corrected chi connectivity index (χ4v) is 2.45. The zero-order valence-electron chi connectivity index (χ0n) is 10.2. The molecule has 0 aliphatic carbocycles. The first-order valence-corrected chi connectivity index (χ1v) is 6.52. The summed E-state index contributed by atoms with van der Waals surface area (Å²) in [7, 11) is 0. The van der Waals surface area contributed by atoms with Crippen molar-refractivity contribution < 1.29 is 4.79 Å². The fourth-order valence-electron chi connectivity index (χ4n) is 2.45. The predicted octanol–water partition coefficient (Wildman–Crippen LogP) is 1.18. The molecule has 16 heavy (non-hydrogen) atoms. The summed E-state index contributed by atoms with van der Waals surface area (Å²) in [4.78, 5) is 13.9. The van der Waals surface area contributed by atoms with Crippen LogP contribution in [0.4, 0.5) is 4.79 Å². The molecule has 2 aliphatic rings. The van der Waals surface area contributed by atoms with Crippen molar-refractivity contribution >= 4 is 6.03 Å². The minimum absolute atomic E-state index is 0.139. The molecule has 2 heterocycles. The molecule has 0 saturated carbocycles. The smallest absolute Gasteiger partial charge is 0.317 e. The Balaban J connectivity index is 1.74. The Kier molecular flexibility index (Phi) is 4.04. The van der Waals surface area contributed by atoms with E-state index in [2.05, 4.69) is 17.6 Å². The molecule has 0 aromatic rings. The van der Waals surface area contributed by atoms with Gasteiger partial charge in [-0.05, 0) is 38.1 Å². The van der Waals surface area contributed by atoms with Gasteiger partial charge in [-0.15, -0.1) is 0 Å². The third-order valence-electron chi connectivity index (χ3n) is 3.70. The number of nitrogens with one attached hydrogen (secondary N) is 2. The zero-order chi connectivity index (χ0) is 11.4. The highest BCUT2D eigenvalue weighted by molar-refractivity contribution is 5.74. The van der Waals surface area contributed by atoms with E-state index in [4.69, 9.17) is 0 Å². The second-order valence-electron chi connectivity index (χ2n) is 5.16. The van der Waals surface area contributed by atoms with Crippen molar-refractivity contribution in [2.24, 2.45) is 5.92 Å². The minimum Gasteiger partial charge on any atom is -0.334 e. The van der Waals surface area contributed by atoms with Gasteiger partial charge in [-0.1, -0.05) is 6.92 Å². The predicted molar refractivity (Wildman–Crippen MR) is 64.4 cm³/mol. The summed E-state index contributed by atoms with van der Waals surface area (Å²) in [5, 5.41) is 6.44. The first-order valence-electron chi connectivity index (χ1n) is 6.52. The molecule has 0 spiro atoms. The van der Waals surface area contributed by atoms with E-state index >= 15 is 0 Å². The van der Waals surface area contributed by atoms with Crippen LogP contribution in [0, 0.1) is 5.92 Å². The van der Waals surface area contributed by atoms with Gasteiger partial charge in [-0.2, -0.15) is 0 Å². The largest absolute Gasteiger partial charge is 0.334 e. The lowest BCUT2D eigenvalue weighted by atomic mass is 9.99. The van der Waals surface area contributed by atoms with Gasteiger partial charge in [0.15, 0.2) is 0 Å². The lowest BCUT2D eigenvalue weighted by Gasteiger charge is -2.32. The van der Waals surface area contributed by atoms with Crippen LogP contribution in [0.3, 0.4) is 0 Å². The molecule has 2 aliphatic heterocycles. The first kappa shape index (κ1) is 11.7. The molecule has 2 amide bonds. The van der Waals surface area contributed by atoms with E-state index in [1.807, 2.05) is 4.90 Å². The second kappa shape index (κ2) is 5.53. The second-order valence-corrected chi connectivity index (χ2v) is 5.16. The summed E-state index contributed by atoms with van der Waals surface area (Å²) in [5.74, 6) is 0.778. The fraction of sp³-hybridized carbons (Fsp3) is 0.917. The van der Waals surface area contributed by atoms with Gasteiger partial charge in [0.05, 0.1) is 0 Å².